The third-order valence-electron chi connectivity index (χ3n) is 3.43. The Hall–Kier alpha value is -1.69. The first kappa shape index (κ1) is 15.2. The number of halogens is 1. The van der Waals surface area contributed by atoms with Gasteiger partial charge in [-0.05, 0) is 42.5 Å². The van der Waals surface area contributed by atoms with E-state index in [9.17, 15) is 9.90 Å². The summed E-state index contributed by atoms with van der Waals surface area (Å²) in [6.07, 6.45) is 0. The molecule has 3 aromatic rings. The van der Waals surface area contributed by atoms with Crippen LogP contribution in [0.1, 0.15) is 11.1 Å². The van der Waals surface area contributed by atoms with Crippen LogP contribution in [0.4, 0.5) is 0 Å². The number of hydrogen-bond acceptors (Lipinski definition) is 5. The summed E-state index contributed by atoms with van der Waals surface area (Å²) >= 11 is 8.34. The number of thiophene rings is 1. The SMILES string of the molecule is Cc1csc(-c2c(O)nc(-c3ccc(Cl)cc3)sc2=O)c1C. The molecule has 0 amide bonds. The Labute approximate surface area is 140 Å². The summed E-state index contributed by atoms with van der Waals surface area (Å²) in [5.41, 5.74) is 3.15. The average Bonchev–Trinajstić information content (AvgIpc) is 2.80. The highest BCUT2D eigenvalue weighted by Crippen LogP contribution is 2.36. The van der Waals surface area contributed by atoms with E-state index >= 15 is 0 Å². The fourth-order valence-electron chi connectivity index (χ4n) is 2.06. The topological polar surface area (TPSA) is 50.2 Å². The Morgan fingerprint density at radius 2 is 1.86 bits per heavy atom. The number of rotatable bonds is 2. The molecule has 22 heavy (non-hydrogen) atoms. The molecule has 0 saturated carbocycles. The normalized spacial score (nSPS) is 10.9. The highest BCUT2D eigenvalue weighted by molar-refractivity contribution is 7.15. The third-order valence-corrected chi connectivity index (χ3v) is 5.81. The van der Waals surface area contributed by atoms with Crippen LogP contribution in [-0.2, 0) is 0 Å². The second-order valence-corrected chi connectivity index (χ2v) is 7.16. The maximum atomic E-state index is 12.5. The van der Waals surface area contributed by atoms with Crippen molar-refractivity contribution in [2.75, 3.05) is 0 Å². The van der Waals surface area contributed by atoms with Crippen molar-refractivity contribution in [2.24, 2.45) is 0 Å². The van der Waals surface area contributed by atoms with Gasteiger partial charge in [-0.2, -0.15) is 0 Å². The van der Waals surface area contributed by atoms with E-state index in [1.807, 2.05) is 19.2 Å². The molecule has 0 fully saturated rings. The van der Waals surface area contributed by atoms with Crippen molar-refractivity contribution in [3.8, 4) is 26.9 Å². The van der Waals surface area contributed by atoms with E-state index in [1.54, 1.807) is 24.3 Å². The number of aromatic hydroxyl groups is 1. The van der Waals surface area contributed by atoms with Crippen LogP contribution < -0.4 is 4.74 Å². The zero-order chi connectivity index (χ0) is 15.9. The maximum absolute atomic E-state index is 12.5. The summed E-state index contributed by atoms with van der Waals surface area (Å²) in [5.74, 6) is -0.223. The van der Waals surface area contributed by atoms with Gasteiger partial charge >= 0.3 is 0 Å². The Morgan fingerprint density at radius 1 is 1.18 bits per heavy atom. The van der Waals surface area contributed by atoms with E-state index in [-0.39, 0.29) is 10.6 Å². The van der Waals surface area contributed by atoms with Gasteiger partial charge in [0.1, 0.15) is 10.6 Å². The van der Waals surface area contributed by atoms with E-state index in [0.29, 0.717) is 15.6 Å². The van der Waals surface area contributed by atoms with Crippen LogP contribution in [0, 0.1) is 13.8 Å². The molecule has 0 atom stereocenters. The fraction of sp³-hybridized carbons (Fsp3) is 0.125. The molecule has 0 aliphatic rings. The van der Waals surface area contributed by atoms with Crippen LogP contribution >= 0.6 is 34.3 Å². The molecule has 2 heterocycles. The van der Waals surface area contributed by atoms with Crippen molar-refractivity contribution in [1.82, 2.24) is 4.98 Å². The number of nitrogens with zero attached hydrogens (tertiary/aromatic N) is 1. The number of aromatic nitrogens is 1. The minimum Gasteiger partial charge on any atom is -0.493 e. The molecule has 2 aromatic heterocycles. The van der Waals surface area contributed by atoms with Crippen LogP contribution in [0.25, 0.3) is 21.0 Å². The molecular weight excluding hydrogens is 338 g/mol. The molecule has 3 nitrogen and oxygen atoms in total. The first-order valence-electron chi connectivity index (χ1n) is 6.52. The van der Waals surface area contributed by atoms with Crippen molar-refractivity contribution < 1.29 is 5.11 Å². The standard InChI is InChI=1S/C16H12ClNO2S2/c1-8-7-21-13(9(8)2)12-14(19)18-15(22-16(12)20)10-3-5-11(17)6-4-10/h3-7,19H,1-2H3. The quantitative estimate of drug-likeness (QED) is 0.717. The zero-order valence-corrected chi connectivity index (χ0v) is 14.3. The largest absolute Gasteiger partial charge is 0.493 e. The molecule has 3 rings (SSSR count). The summed E-state index contributed by atoms with van der Waals surface area (Å²) in [6.45, 7) is 3.92. The van der Waals surface area contributed by atoms with Crippen LogP contribution in [0.2, 0.25) is 5.02 Å². The van der Waals surface area contributed by atoms with Gasteiger partial charge in [0.25, 0.3) is 0 Å². The van der Waals surface area contributed by atoms with E-state index in [0.717, 1.165) is 32.9 Å². The smallest absolute Gasteiger partial charge is 0.248 e. The van der Waals surface area contributed by atoms with Crippen molar-refractivity contribution >= 4 is 34.3 Å². The molecule has 0 spiro atoms. The number of benzene rings is 1. The Morgan fingerprint density at radius 3 is 2.41 bits per heavy atom. The van der Waals surface area contributed by atoms with Crippen LogP contribution in [0.3, 0.4) is 0 Å². The summed E-state index contributed by atoms with van der Waals surface area (Å²) in [6, 6.07) is 7.02. The van der Waals surface area contributed by atoms with Crippen molar-refractivity contribution in [2.45, 2.75) is 13.8 Å². The van der Waals surface area contributed by atoms with E-state index < -0.39 is 0 Å². The predicted molar refractivity (Wildman–Crippen MR) is 93.3 cm³/mol. The monoisotopic (exact) mass is 349 g/mol. The molecular formula is C16H12ClNO2S2. The van der Waals surface area contributed by atoms with Crippen LogP contribution in [0.5, 0.6) is 5.88 Å². The average molecular weight is 350 g/mol. The minimum absolute atomic E-state index is 0.192. The number of aryl methyl sites for hydroxylation is 1. The van der Waals surface area contributed by atoms with Gasteiger partial charge in [-0.3, -0.25) is 4.79 Å². The molecule has 0 unspecified atom stereocenters. The highest BCUT2D eigenvalue weighted by atomic mass is 35.5. The lowest BCUT2D eigenvalue weighted by atomic mass is 10.1. The minimum atomic E-state index is -0.223. The molecule has 1 N–H and O–H groups in total. The van der Waals surface area contributed by atoms with Gasteiger partial charge in [0.15, 0.2) is 0 Å². The maximum Gasteiger partial charge on any atom is 0.248 e. The summed E-state index contributed by atoms with van der Waals surface area (Å²) in [7, 11) is 0. The van der Waals surface area contributed by atoms with E-state index in [1.165, 1.54) is 11.3 Å². The van der Waals surface area contributed by atoms with Gasteiger partial charge < -0.3 is 5.11 Å². The highest BCUT2D eigenvalue weighted by Gasteiger charge is 2.18. The van der Waals surface area contributed by atoms with E-state index in [4.69, 9.17) is 11.6 Å². The second-order valence-electron chi connectivity index (χ2n) is 4.88. The van der Waals surface area contributed by atoms with Gasteiger partial charge in [0, 0.05) is 15.5 Å². The van der Waals surface area contributed by atoms with Crippen LogP contribution in [-0.4, -0.2) is 10.1 Å². The Kier molecular flexibility index (Phi) is 4.04. The van der Waals surface area contributed by atoms with Gasteiger partial charge in [-0.15, -0.1) is 11.3 Å². The van der Waals surface area contributed by atoms with Crippen LogP contribution in [0.15, 0.2) is 34.4 Å². The summed E-state index contributed by atoms with van der Waals surface area (Å²) in [4.78, 5) is 17.4. The van der Waals surface area contributed by atoms with Gasteiger partial charge in [-0.25, -0.2) is 4.98 Å². The molecule has 0 aliphatic heterocycles. The van der Waals surface area contributed by atoms with Gasteiger partial charge in [0.2, 0.25) is 10.6 Å². The first-order valence-corrected chi connectivity index (χ1v) is 8.60. The fourth-order valence-corrected chi connectivity index (χ4v) is 4.22. The predicted octanol–water partition coefficient (Wildman–Crippen LogP) is 4.87. The molecule has 0 radical (unpaired) electrons. The molecule has 112 valence electrons. The molecule has 0 bridgehead atoms. The lowest BCUT2D eigenvalue weighted by Crippen LogP contribution is -2.02. The van der Waals surface area contributed by atoms with Gasteiger partial charge in [0.05, 0.1) is 0 Å². The van der Waals surface area contributed by atoms with Crippen molar-refractivity contribution in [1.29, 1.82) is 0 Å². The summed E-state index contributed by atoms with van der Waals surface area (Å²) in [5, 5.41) is 13.3. The summed E-state index contributed by atoms with van der Waals surface area (Å²) < 4.78 is -0.192. The third kappa shape index (κ3) is 2.67. The second kappa shape index (κ2) is 5.83. The molecule has 1 aromatic carbocycles. The number of hydrogen-bond donors (Lipinski definition) is 1. The molecule has 0 aliphatic carbocycles. The van der Waals surface area contributed by atoms with E-state index in [2.05, 4.69) is 4.98 Å². The Balaban J connectivity index is 2.15. The lowest BCUT2D eigenvalue weighted by molar-refractivity contribution is 0.457. The molecule has 6 heteroatoms. The first-order chi connectivity index (χ1) is 10.5. The van der Waals surface area contributed by atoms with Crippen molar-refractivity contribution in [3.63, 3.8) is 0 Å². The van der Waals surface area contributed by atoms with Crippen molar-refractivity contribution in [3.05, 3.63) is 55.3 Å². The zero-order valence-electron chi connectivity index (χ0n) is 11.9. The Bertz CT molecular complexity index is 897. The molecule has 0 saturated heterocycles. The van der Waals surface area contributed by atoms with Gasteiger partial charge in [-0.1, -0.05) is 35.1 Å². The lowest BCUT2D eigenvalue weighted by Gasteiger charge is -2.05.